The predicted molar refractivity (Wildman–Crippen MR) is 71.2 cm³/mol. The molecule has 9 heteroatoms. The van der Waals surface area contributed by atoms with Crippen LogP contribution in [0.1, 0.15) is 18.3 Å². The molecule has 0 unspecified atom stereocenters. The number of nitrogens with zero attached hydrogens (tertiary/aromatic N) is 3. The molecule has 0 aliphatic rings. The number of hydrogen-bond donors (Lipinski definition) is 2. The van der Waals surface area contributed by atoms with Crippen molar-refractivity contribution in [2.24, 2.45) is 5.73 Å². The molecular weight excluding hydrogens is 272 g/mol. The fraction of sp³-hybridized carbons (Fsp3) is 0.500. The molecule has 0 radical (unpaired) electrons. The first-order chi connectivity index (χ1) is 8.59. The van der Waals surface area contributed by atoms with Crippen molar-refractivity contribution in [3.63, 3.8) is 0 Å². The Bertz CT molecular complexity index is 540. The highest BCUT2D eigenvalue weighted by Crippen LogP contribution is 2.17. The molecule has 0 saturated carbocycles. The summed E-state index contributed by atoms with van der Waals surface area (Å²) < 4.78 is 23.8. The second-order valence-electron chi connectivity index (χ2n) is 3.72. The number of carboxylic acids is 1. The lowest BCUT2D eigenvalue weighted by atomic mass is 10.3. The summed E-state index contributed by atoms with van der Waals surface area (Å²) in [6.07, 6.45) is 2.66. The second-order valence-corrected chi connectivity index (χ2v) is 5.73. The second kappa shape index (κ2) is 7.00. The van der Waals surface area contributed by atoms with E-state index in [9.17, 15) is 8.42 Å². The van der Waals surface area contributed by atoms with Crippen molar-refractivity contribution >= 4 is 21.8 Å². The number of nitrogens with two attached hydrogens (primary N) is 1. The van der Waals surface area contributed by atoms with E-state index in [-0.39, 0.29) is 6.54 Å². The van der Waals surface area contributed by atoms with E-state index in [4.69, 9.17) is 15.6 Å². The van der Waals surface area contributed by atoms with Gasteiger partial charge in [-0.05, 0) is 6.92 Å². The lowest BCUT2D eigenvalue weighted by Crippen LogP contribution is -2.27. The van der Waals surface area contributed by atoms with Crippen molar-refractivity contribution in [3.05, 3.63) is 17.6 Å². The number of rotatable bonds is 3. The maximum atomic E-state index is 11.3. The number of aryl methyl sites for hydroxylation is 1. The van der Waals surface area contributed by atoms with E-state index in [1.54, 1.807) is 13.1 Å². The SMILES string of the molecule is CC(=O)O.Cc1ncc(CN)c(N(C)S(C)(=O)=O)n1. The molecule has 1 aromatic heterocycles. The average molecular weight is 290 g/mol. The standard InChI is InChI=1S/C8H14N4O2S.C2H4O2/c1-6-10-5-7(4-9)8(11-6)12(2)15(3,13)14;1-2(3)4/h5H,4,9H2,1-3H3;1H3,(H,3,4). The van der Waals surface area contributed by atoms with Crippen LogP contribution in [0.25, 0.3) is 0 Å². The molecule has 3 N–H and O–H groups in total. The highest BCUT2D eigenvalue weighted by molar-refractivity contribution is 7.92. The van der Waals surface area contributed by atoms with Gasteiger partial charge in [0.2, 0.25) is 10.0 Å². The molecule has 0 amide bonds. The summed E-state index contributed by atoms with van der Waals surface area (Å²) in [7, 11) is -1.88. The molecule has 0 aliphatic heterocycles. The van der Waals surface area contributed by atoms with Crippen LogP contribution in [0.3, 0.4) is 0 Å². The summed E-state index contributed by atoms with van der Waals surface area (Å²) >= 11 is 0. The van der Waals surface area contributed by atoms with Crippen molar-refractivity contribution < 1.29 is 18.3 Å². The van der Waals surface area contributed by atoms with Gasteiger partial charge in [-0.3, -0.25) is 9.10 Å². The van der Waals surface area contributed by atoms with Crippen LogP contribution in [-0.2, 0) is 21.4 Å². The molecule has 0 fully saturated rings. The van der Waals surface area contributed by atoms with E-state index in [1.165, 1.54) is 7.05 Å². The lowest BCUT2D eigenvalue weighted by Gasteiger charge is -2.18. The van der Waals surface area contributed by atoms with Gasteiger partial charge in [-0.1, -0.05) is 0 Å². The molecule has 1 aromatic rings. The van der Waals surface area contributed by atoms with Crippen LogP contribution in [0.5, 0.6) is 0 Å². The van der Waals surface area contributed by atoms with Gasteiger partial charge in [-0.2, -0.15) is 0 Å². The van der Waals surface area contributed by atoms with Crippen molar-refractivity contribution in [2.75, 3.05) is 17.6 Å². The van der Waals surface area contributed by atoms with Crippen molar-refractivity contribution in [1.29, 1.82) is 0 Å². The summed E-state index contributed by atoms with van der Waals surface area (Å²) in [6, 6.07) is 0. The van der Waals surface area contributed by atoms with E-state index in [0.717, 1.165) is 17.5 Å². The Kier molecular flexibility index (Phi) is 6.36. The minimum atomic E-state index is -3.32. The topological polar surface area (TPSA) is 126 Å². The molecule has 0 bridgehead atoms. The van der Waals surface area contributed by atoms with Crippen molar-refractivity contribution in [2.45, 2.75) is 20.4 Å². The Hall–Kier alpha value is -1.74. The monoisotopic (exact) mass is 290 g/mol. The normalized spacial score (nSPS) is 10.4. The van der Waals surface area contributed by atoms with Gasteiger partial charge in [-0.25, -0.2) is 18.4 Å². The van der Waals surface area contributed by atoms with Crippen LogP contribution in [0, 0.1) is 6.92 Å². The molecule has 8 nitrogen and oxygen atoms in total. The third kappa shape index (κ3) is 6.11. The molecule has 1 rings (SSSR count). The summed E-state index contributed by atoms with van der Waals surface area (Å²) in [6.45, 7) is 2.98. The first kappa shape index (κ1) is 17.3. The molecule has 108 valence electrons. The van der Waals surface area contributed by atoms with Crippen LogP contribution in [0.4, 0.5) is 5.82 Å². The van der Waals surface area contributed by atoms with Crippen LogP contribution in [-0.4, -0.2) is 42.8 Å². The largest absolute Gasteiger partial charge is 0.481 e. The summed E-state index contributed by atoms with van der Waals surface area (Å²) in [5.41, 5.74) is 6.09. The lowest BCUT2D eigenvalue weighted by molar-refractivity contribution is -0.134. The molecule has 19 heavy (non-hydrogen) atoms. The Morgan fingerprint density at radius 1 is 1.53 bits per heavy atom. The van der Waals surface area contributed by atoms with Crippen LogP contribution in [0.2, 0.25) is 0 Å². The number of sulfonamides is 1. The summed E-state index contributed by atoms with van der Waals surface area (Å²) in [4.78, 5) is 17.0. The molecule has 1 heterocycles. The van der Waals surface area contributed by atoms with Crippen LogP contribution < -0.4 is 10.0 Å². The highest BCUT2D eigenvalue weighted by atomic mass is 32.2. The van der Waals surface area contributed by atoms with Gasteiger partial charge >= 0.3 is 0 Å². The average Bonchev–Trinajstić information content (AvgIpc) is 2.26. The van der Waals surface area contributed by atoms with E-state index < -0.39 is 16.0 Å². The maximum absolute atomic E-state index is 11.3. The number of aromatic nitrogens is 2. The van der Waals surface area contributed by atoms with Crippen LogP contribution in [0.15, 0.2) is 6.20 Å². The van der Waals surface area contributed by atoms with Gasteiger partial charge in [0.15, 0.2) is 0 Å². The zero-order chi connectivity index (χ0) is 15.2. The van der Waals surface area contributed by atoms with Gasteiger partial charge in [0.25, 0.3) is 5.97 Å². The molecule has 0 atom stereocenters. The summed E-state index contributed by atoms with van der Waals surface area (Å²) in [5, 5.41) is 7.42. The number of carboxylic acid groups (broad SMARTS) is 1. The number of carbonyl (C=O) groups is 1. The van der Waals surface area contributed by atoms with E-state index >= 15 is 0 Å². The molecule has 0 saturated heterocycles. The Balaban J connectivity index is 0.000000711. The molecule has 0 aliphatic carbocycles. The number of anilines is 1. The van der Waals surface area contributed by atoms with E-state index in [2.05, 4.69) is 9.97 Å². The number of aliphatic carboxylic acids is 1. The fourth-order valence-corrected chi connectivity index (χ4v) is 1.53. The zero-order valence-electron chi connectivity index (χ0n) is 11.3. The van der Waals surface area contributed by atoms with Crippen molar-refractivity contribution in [1.82, 2.24) is 9.97 Å². The van der Waals surface area contributed by atoms with Gasteiger partial charge in [0, 0.05) is 32.3 Å². The first-order valence-corrected chi connectivity index (χ1v) is 7.10. The third-order valence-electron chi connectivity index (χ3n) is 1.98. The first-order valence-electron chi connectivity index (χ1n) is 5.25. The fourth-order valence-electron chi connectivity index (χ4n) is 1.06. The molecular formula is C10H18N4O4S. The number of hydrogen-bond acceptors (Lipinski definition) is 6. The third-order valence-corrected chi connectivity index (χ3v) is 3.15. The summed E-state index contributed by atoms with van der Waals surface area (Å²) in [5.74, 6) is 0.0187. The smallest absolute Gasteiger partial charge is 0.300 e. The van der Waals surface area contributed by atoms with Gasteiger partial charge in [-0.15, -0.1) is 0 Å². The van der Waals surface area contributed by atoms with Crippen molar-refractivity contribution in [3.8, 4) is 0 Å². The van der Waals surface area contributed by atoms with E-state index in [1.807, 2.05) is 0 Å². The Morgan fingerprint density at radius 3 is 2.37 bits per heavy atom. The Morgan fingerprint density at radius 2 is 2.00 bits per heavy atom. The zero-order valence-corrected chi connectivity index (χ0v) is 12.1. The maximum Gasteiger partial charge on any atom is 0.300 e. The molecule has 0 spiro atoms. The minimum absolute atomic E-state index is 0.204. The predicted octanol–water partition coefficient (Wildman–Crippen LogP) is -0.270. The van der Waals surface area contributed by atoms with Gasteiger partial charge in [0.05, 0.1) is 6.26 Å². The van der Waals surface area contributed by atoms with E-state index in [0.29, 0.717) is 17.2 Å². The van der Waals surface area contributed by atoms with Gasteiger partial charge < -0.3 is 10.8 Å². The molecule has 0 aromatic carbocycles. The highest BCUT2D eigenvalue weighted by Gasteiger charge is 2.17. The van der Waals surface area contributed by atoms with Crippen LogP contribution >= 0.6 is 0 Å². The van der Waals surface area contributed by atoms with Gasteiger partial charge in [0.1, 0.15) is 11.6 Å². The minimum Gasteiger partial charge on any atom is -0.481 e. The quantitative estimate of drug-likeness (QED) is 0.784. The Labute approximate surface area is 112 Å².